The van der Waals surface area contributed by atoms with Crippen molar-refractivity contribution in [2.45, 2.75) is 25.8 Å². The van der Waals surface area contributed by atoms with E-state index in [-0.39, 0.29) is 0 Å². The smallest absolute Gasteiger partial charge is 0.153 e. The van der Waals surface area contributed by atoms with Gasteiger partial charge in [-0.25, -0.2) is 0 Å². The molecule has 0 bridgehead atoms. The van der Waals surface area contributed by atoms with Crippen LogP contribution >= 0.6 is 23.2 Å². The number of benzene rings is 1. The molecule has 0 spiro atoms. The molecule has 2 aromatic rings. The minimum Gasteiger partial charge on any atom is -0.458 e. The van der Waals surface area contributed by atoms with Crippen molar-refractivity contribution in [2.75, 3.05) is 6.54 Å². The van der Waals surface area contributed by atoms with E-state index >= 15 is 0 Å². The summed E-state index contributed by atoms with van der Waals surface area (Å²) < 4.78 is 5.92. The normalized spacial score (nSPS) is 17.3. The summed E-state index contributed by atoms with van der Waals surface area (Å²) in [5.41, 5.74) is 0.736. The number of furan rings is 1. The zero-order chi connectivity index (χ0) is 12.7. The molecule has 1 aromatic heterocycles. The van der Waals surface area contributed by atoms with E-state index in [1.807, 2.05) is 6.07 Å². The highest BCUT2D eigenvalue weighted by atomic mass is 35.5. The molecule has 1 N–H and O–H groups in total. The van der Waals surface area contributed by atoms with E-state index in [0.717, 1.165) is 23.3 Å². The molecule has 1 fully saturated rings. The van der Waals surface area contributed by atoms with Crippen molar-refractivity contribution in [2.24, 2.45) is 5.92 Å². The lowest BCUT2D eigenvalue weighted by Gasteiger charge is -2.13. The van der Waals surface area contributed by atoms with Gasteiger partial charge in [0, 0.05) is 10.4 Å². The van der Waals surface area contributed by atoms with Gasteiger partial charge in [-0.2, -0.15) is 0 Å². The molecule has 1 aliphatic rings. The van der Waals surface area contributed by atoms with Gasteiger partial charge in [-0.05, 0) is 43.5 Å². The number of rotatable bonds is 4. The van der Waals surface area contributed by atoms with Crippen LogP contribution in [0.3, 0.4) is 0 Å². The van der Waals surface area contributed by atoms with E-state index in [4.69, 9.17) is 27.6 Å². The second-order valence-electron chi connectivity index (χ2n) is 4.83. The molecule has 0 radical (unpaired) electrons. The van der Waals surface area contributed by atoms with Crippen LogP contribution in [0.2, 0.25) is 10.0 Å². The van der Waals surface area contributed by atoms with Gasteiger partial charge < -0.3 is 9.73 Å². The molecule has 18 heavy (non-hydrogen) atoms. The topological polar surface area (TPSA) is 25.2 Å². The van der Waals surface area contributed by atoms with Crippen molar-refractivity contribution in [1.29, 1.82) is 0 Å². The van der Waals surface area contributed by atoms with Crippen molar-refractivity contribution >= 4 is 34.2 Å². The Balaban J connectivity index is 2.03. The summed E-state index contributed by atoms with van der Waals surface area (Å²) >= 11 is 12.2. The number of hydrogen-bond acceptors (Lipinski definition) is 2. The standard InChI is InChI=1S/C14H15Cl2NO/c1-2-17-13(8-3-4-8)12-6-9-5-10(15)7-11(16)14(9)18-12/h5-8,13,17H,2-4H2,1H3. The first-order valence-corrected chi connectivity index (χ1v) is 7.06. The molecule has 1 aliphatic carbocycles. The first-order chi connectivity index (χ1) is 8.69. The Morgan fingerprint density at radius 2 is 2.11 bits per heavy atom. The average molecular weight is 284 g/mol. The Hall–Kier alpha value is -0.700. The van der Waals surface area contributed by atoms with Crippen LogP contribution in [-0.4, -0.2) is 6.54 Å². The van der Waals surface area contributed by atoms with Gasteiger partial charge in [0.2, 0.25) is 0 Å². The second-order valence-corrected chi connectivity index (χ2v) is 5.67. The monoisotopic (exact) mass is 283 g/mol. The van der Waals surface area contributed by atoms with Gasteiger partial charge in [0.25, 0.3) is 0 Å². The van der Waals surface area contributed by atoms with Gasteiger partial charge >= 0.3 is 0 Å². The van der Waals surface area contributed by atoms with Crippen molar-refractivity contribution in [3.05, 3.63) is 34.0 Å². The minimum atomic E-state index is 0.303. The Morgan fingerprint density at radius 1 is 1.33 bits per heavy atom. The van der Waals surface area contributed by atoms with Crippen LogP contribution in [0, 0.1) is 5.92 Å². The van der Waals surface area contributed by atoms with E-state index in [1.165, 1.54) is 12.8 Å². The molecule has 1 atom stereocenters. The lowest BCUT2D eigenvalue weighted by atomic mass is 10.1. The molecule has 1 heterocycles. The Bertz CT molecular complexity index is 574. The van der Waals surface area contributed by atoms with Gasteiger partial charge in [0.05, 0.1) is 11.1 Å². The SMILES string of the molecule is CCNC(c1cc2cc(Cl)cc(Cl)c2o1)C1CC1. The van der Waals surface area contributed by atoms with E-state index in [2.05, 4.69) is 18.3 Å². The fourth-order valence-corrected chi connectivity index (χ4v) is 2.95. The lowest BCUT2D eigenvalue weighted by molar-refractivity contribution is 0.403. The second kappa shape index (κ2) is 4.76. The van der Waals surface area contributed by atoms with Gasteiger partial charge in [0.15, 0.2) is 5.58 Å². The van der Waals surface area contributed by atoms with Crippen LogP contribution in [0.15, 0.2) is 22.6 Å². The summed E-state index contributed by atoms with van der Waals surface area (Å²) in [6.07, 6.45) is 2.53. The molecule has 0 amide bonds. The summed E-state index contributed by atoms with van der Waals surface area (Å²) in [6.45, 7) is 3.05. The Morgan fingerprint density at radius 3 is 2.78 bits per heavy atom. The minimum absolute atomic E-state index is 0.303. The lowest BCUT2D eigenvalue weighted by Crippen LogP contribution is -2.21. The number of halogens is 2. The largest absolute Gasteiger partial charge is 0.458 e. The van der Waals surface area contributed by atoms with E-state index in [9.17, 15) is 0 Å². The average Bonchev–Trinajstić information content (AvgIpc) is 3.06. The third kappa shape index (κ3) is 2.25. The molecule has 0 saturated heterocycles. The summed E-state index contributed by atoms with van der Waals surface area (Å²) in [5.74, 6) is 1.67. The predicted molar refractivity (Wildman–Crippen MR) is 75.4 cm³/mol. The van der Waals surface area contributed by atoms with E-state index < -0.39 is 0 Å². The predicted octanol–water partition coefficient (Wildman–Crippen LogP) is 4.80. The maximum Gasteiger partial charge on any atom is 0.153 e. The molecular formula is C14H15Cl2NO. The molecule has 96 valence electrons. The van der Waals surface area contributed by atoms with E-state index in [1.54, 1.807) is 6.07 Å². The third-order valence-corrected chi connectivity index (χ3v) is 3.88. The summed E-state index contributed by atoms with van der Waals surface area (Å²) in [6, 6.07) is 5.97. The van der Waals surface area contributed by atoms with Crippen LogP contribution in [0.4, 0.5) is 0 Å². The van der Waals surface area contributed by atoms with Crippen molar-refractivity contribution in [1.82, 2.24) is 5.32 Å². The molecule has 1 aromatic carbocycles. The van der Waals surface area contributed by atoms with Gasteiger partial charge in [-0.3, -0.25) is 0 Å². The van der Waals surface area contributed by atoms with Gasteiger partial charge in [-0.15, -0.1) is 0 Å². The summed E-state index contributed by atoms with van der Waals surface area (Å²) in [5, 5.41) is 5.69. The number of nitrogens with one attached hydrogen (secondary N) is 1. The first-order valence-electron chi connectivity index (χ1n) is 6.31. The molecular weight excluding hydrogens is 269 g/mol. The fourth-order valence-electron chi connectivity index (χ4n) is 2.40. The maximum absolute atomic E-state index is 6.15. The maximum atomic E-state index is 6.15. The van der Waals surface area contributed by atoms with Crippen molar-refractivity contribution < 1.29 is 4.42 Å². The Kier molecular flexibility index (Phi) is 3.27. The van der Waals surface area contributed by atoms with Gasteiger partial charge in [0.1, 0.15) is 5.76 Å². The van der Waals surface area contributed by atoms with Crippen LogP contribution in [-0.2, 0) is 0 Å². The van der Waals surface area contributed by atoms with E-state index in [0.29, 0.717) is 22.0 Å². The van der Waals surface area contributed by atoms with Crippen LogP contribution in [0.1, 0.15) is 31.6 Å². The van der Waals surface area contributed by atoms with Gasteiger partial charge in [-0.1, -0.05) is 30.1 Å². The third-order valence-electron chi connectivity index (χ3n) is 3.38. The summed E-state index contributed by atoms with van der Waals surface area (Å²) in [7, 11) is 0. The quantitative estimate of drug-likeness (QED) is 0.872. The van der Waals surface area contributed by atoms with Crippen molar-refractivity contribution in [3.63, 3.8) is 0 Å². The molecule has 1 saturated carbocycles. The zero-order valence-electron chi connectivity index (χ0n) is 10.2. The first kappa shape index (κ1) is 12.3. The van der Waals surface area contributed by atoms with Crippen LogP contribution in [0.25, 0.3) is 11.0 Å². The Labute approximate surface area is 116 Å². The molecule has 0 aliphatic heterocycles. The molecule has 3 rings (SSSR count). The molecule has 2 nitrogen and oxygen atoms in total. The highest BCUT2D eigenvalue weighted by molar-refractivity contribution is 6.38. The highest BCUT2D eigenvalue weighted by Gasteiger charge is 2.34. The zero-order valence-corrected chi connectivity index (χ0v) is 11.7. The molecule has 4 heteroatoms. The van der Waals surface area contributed by atoms with Crippen LogP contribution < -0.4 is 5.32 Å². The molecule has 1 unspecified atom stereocenters. The van der Waals surface area contributed by atoms with Crippen molar-refractivity contribution in [3.8, 4) is 0 Å². The fraction of sp³-hybridized carbons (Fsp3) is 0.429. The number of fused-ring (bicyclic) bond motifs is 1. The van der Waals surface area contributed by atoms with Crippen LogP contribution in [0.5, 0.6) is 0 Å². The summed E-state index contributed by atoms with van der Waals surface area (Å²) in [4.78, 5) is 0. The highest BCUT2D eigenvalue weighted by Crippen LogP contribution is 2.43. The number of hydrogen-bond donors (Lipinski definition) is 1.